The van der Waals surface area contributed by atoms with Crippen LogP contribution in [0.15, 0.2) is 103 Å². The van der Waals surface area contributed by atoms with Crippen LogP contribution >= 0.6 is 0 Å². The number of hydrogen-bond donors (Lipinski definition) is 2. The van der Waals surface area contributed by atoms with Crippen molar-refractivity contribution in [2.75, 3.05) is 9.62 Å². The molecule has 0 saturated heterocycles. The summed E-state index contributed by atoms with van der Waals surface area (Å²) in [6.45, 7) is 2.17. The molecule has 6 heteroatoms. The van der Waals surface area contributed by atoms with E-state index < -0.39 is 11.3 Å². The normalized spacial score (nSPS) is 11.6. The number of rotatable bonds is 7. The molecule has 166 valence electrons. The van der Waals surface area contributed by atoms with Gasteiger partial charge in [-0.15, -0.1) is 0 Å². The third-order valence-corrected chi connectivity index (χ3v) is 5.99. The van der Waals surface area contributed by atoms with Gasteiger partial charge in [-0.3, -0.25) is 13.7 Å². The highest BCUT2D eigenvalue weighted by molar-refractivity contribution is 7.80. The van der Waals surface area contributed by atoms with Crippen LogP contribution in [0.5, 0.6) is 0 Å². The summed E-state index contributed by atoms with van der Waals surface area (Å²) in [7, 11) is 0. The quantitative estimate of drug-likeness (QED) is 0.332. The SMILES string of the molecule is Cc1ccc(NC(=O)c2cccc(CN(c3ccc(-c4ccccc4)cc3)S(=O)O)c2)cc1. The molecule has 1 atom stereocenters. The van der Waals surface area contributed by atoms with Crippen molar-refractivity contribution in [3.63, 3.8) is 0 Å². The Morgan fingerprint density at radius 1 is 0.848 bits per heavy atom. The lowest BCUT2D eigenvalue weighted by Crippen LogP contribution is -2.24. The molecule has 0 aliphatic rings. The van der Waals surface area contributed by atoms with Crippen molar-refractivity contribution in [2.24, 2.45) is 0 Å². The molecule has 1 amide bonds. The van der Waals surface area contributed by atoms with Crippen molar-refractivity contribution in [3.05, 3.63) is 120 Å². The lowest BCUT2D eigenvalue weighted by Gasteiger charge is -2.21. The van der Waals surface area contributed by atoms with Gasteiger partial charge < -0.3 is 5.32 Å². The zero-order valence-corrected chi connectivity index (χ0v) is 19.0. The van der Waals surface area contributed by atoms with Crippen molar-refractivity contribution >= 4 is 28.5 Å². The highest BCUT2D eigenvalue weighted by Crippen LogP contribution is 2.25. The van der Waals surface area contributed by atoms with Crippen LogP contribution in [0.25, 0.3) is 11.1 Å². The number of hydrogen-bond acceptors (Lipinski definition) is 2. The van der Waals surface area contributed by atoms with Crippen molar-refractivity contribution in [3.8, 4) is 11.1 Å². The maximum Gasteiger partial charge on any atom is 0.262 e. The molecule has 0 fully saturated rings. The molecule has 0 aromatic heterocycles. The Morgan fingerprint density at radius 3 is 2.18 bits per heavy atom. The third kappa shape index (κ3) is 5.74. The molecule has 4 rings (SSSR count). The summed E-state index contributed by atoms with van der Waals surface area (Å²) < 4.78 is 23.4. The maximum atomic E-state index is 12.7. The molecule has 0 saturated carbocycles. The van der Waals surface area contributed by atoms with Gasteiger partial charge in [0.2, 0.25) is 0 Å². The van der Waals surface area contributed by atoms with Gasteiger partial charge in [0.05, 0.1) is 12.2 Å². The number of carbonyl (C=O) groups excluding carboxylic acids is 1. The minimum absolute atomic E-state index is 0.180. The Bertz CT molecular complexity index is 1260. The number of carbonyl (C=O) groups is 1. The summed E-state index contributed by atoms with van der Waals surface area (Å²) in [6.07, 6.45) is 0. The van der Waals surface area contributed by atoms with Crippen LogP contribution in [0.2, 0.25) is 0 Å². The Kier molecular flexibility index (Phi) is 6.98. The fourth-order valence-corrected chi connectivity index (χ4v) is 4.07. The van der Waals surface area contributed by atoms with Crippen molar-refractivity contribution in [1.29, 1.82) is 0 Å². The van der Waals surface area contributed by atoms with Crippen molar-refractivity contribution < 1.29 is 13.6 Å². The second-order valence-electron chi connectivity index (χ2n) is 7.70. The molecule has 2 N–H and O–H groups in total. The van der Waals surface area contributed by atoms with Crippen LogP contribution in [0.1, 0.15) is 21.5 Å². The largest absolute Gasteiger partial charge is 0.322 e. The summed E-state index contributed by atoms with van der Waals surface area (Å²) in [5, 5.41) is 2.88. The van der Waals surface area contributed by atoms with Gasteiger partial charge in [-0.05, 0) is 60.0 Å². The van der Waals surface area contributed by atoms with Gasteiger partial charge in [-0.2, -0.15) is 0 Å². The molecule has 33 heavy (non-hydrogen) atoms. The van der Waals surface area contributed by atoms with Crippen LogP contribution in [0.4, 0.5) is 11.4 Å². The zero-order valence-electron chi connectivity index (χ0n) is 18.1. The van der Waals surface area contributed by atoms with Gasteiger partial charge in [0.15, 0.2) is 0 Å². The zero-order chi connectivity index (χ0) is 23.2. The molecule has 4 aromatic rings. The highest BCUT2D eigenvalue weighted by Gasteiger charge is 2.15. The first-order valence-corrected chi connectivity index (χ1v) is 11.6. The summed E-state index contributed by atoms with van der Waals surface area (Å²) in [5.74, 6) is -0.232. The van der Waals surface area contributed by atoms with Crippen LogP contribution in [-0.4, -0.2) is 14.7 Å². The molecular weight excluding hydrogens is 432 g/mol. The smallest absolute Gasteiger partial charge is 0.262 e. The Balaban J connectivity index is 1.51. The third-order valence-electron chi connectivity index (χ3n) is 5.28. The summed E-state index contributed by atoms with van der Waals surface area (Å²) >= 11 is -2.22. The van der Waals surface area contributed by atoms with Gasteiger partial charge in [0.25, 0.3) is 17.2 Å². The average molecular weight is 457 g/mol. The van der Waals surface area contributed by atoms with Gasteiger partial charge in [-0.25, -0.2) is 4.21 Å². The van der Waals surface area contributed by atoms with E-state index >= 15 is 0 Å². The van der Waals surface area contributed by atoms with Crippen molar-refractivity contribution in [2.45, 2.75) is 13.5 Å². The lowest BCUT2D eigenvalue weighted by atomic mass is 10.1. The van der Waals surface area contributed by atoms with Crippen LogP contribution in [0.3, 0.4) is 0 Å². The predicted octanol–water partition coefficient (Wildman–Crippen LogP) is 6.06. The number of amides is 1. The van der Waals surface area contributed by atoms with Gasteiger partial charge >= 0.3 is 0 Å². The summed E-state index contributed by atoms with van der Waals surface area (Å²) in [4.78, 5) is 12.7. The average Bonchev–Trinajstić information content (AvgIpc) is 2.84. The van der Waals surface area contributed by atoms with Gasteiger partial charge in [0.1, 0.15) is 0 Å². The highest BCUT2D eigenvalue weighted by atomic mass is 32.2. The molecule has 0 aliphatic heterocycles. The molecule has 0 spiro atoms. The Morgan fingerprint density at radius 2 is 1.52 bits per heavy atom. The monoisotopic (exact) mass is 456 g/mol. The van der Waals surface area contributed by atoms with E-state index in [-0.39, 0.29) is 12.5 Å². The number of aryl methyl sites for hydroxylation is 1. The molecular formula is C27H24N2O3S. The second-order valence-corrected chi connectivity index (χ2v) is 8.60. The Hall–Kier alpha value is -3.74. The molecule has 0 aliphatic carbocycles. The van der Waals surface area contributed by atoms with Gasteiger partial charge in [-0.1, -0.05) is 72.3 Å². The van der Waals surface area contributed by atoms with E-state index in [2.05, 4.69) is 5.32 Å². The van der Waals surface area contributed by atoms with E-state index in [4.69, 9.17) is 0 Å². The van der Waals surface area contributed by atoms with Crippen molar-refractivity contribution in [1.82, 2.24) is 0 Å². The van der Waals surface area contributed by atoms with E-state index in [1.54, 1.807) is 18.2 Å². The van der Waals surface area contributed by atoms with E-state index in [9.17, 15) is 13.6 Å². The van der Waals surface area contributed by atoms with E-state index in [0.717, 1.165) is 22.3 Å². The molecule has 0 radical (unpaired) electrons. The van der Waals surface area contributed by atoms with E-state index in [1.165, 1.54) is 4.31 Å². The first-order valence-electron chi connectivity index (χ1n) is 10.5. The van der Waals surface area contributed by atoms with Gasteiger partial charge in [0, 0.05) is 11.3 Å². The Labute approximate surface area is 196 Å². The number of nitrogens with one attached hydrogen (secondary N) is 1. The van der Waals surface area contributed by atoms with Crippen LogP contribution < -0.4 is 9.62 Å². The van der Waals surface area contributed by atoms with Crippen LogP contribution in [0, 0.1) is 6.92 Å². The molecule has 1 unspecified atom stereocenters. The molecule has 4 aromatic carbocycles. The number of anilines is 2. The number of benzene rings is 4. The first kappa shape index (κ1) is 22.5. The standard InChI is InChI=1S/C27H24N2O3S/c1-20-10-14-25(15-11-20)28-27(30)24-9-5-6-21(18-24)19-29(33(31)32)26-16-12-23(13-17-26)22-7-3-2-4-8-22/h2-18H,19H2,1H3,(H,28,30)(H,31,32). The topological polar surface area (TPSA) is 69.6 Å². The molecule has 0 bridgehead atoms. The molecule has 0 heterocycles. The summed E-state index contributed by atoms with van der Waals surface area (Å²) in [5.41, 5.74) is 5.78. The number of nitrogens with zero attached hydrogens (tertiary/aromatic N) is 1. The van der Waals surface area contributed by atoms with E-state index in [1.807, 2.05) is 91.9 Å². The lowest BCUT2D eigenvalue weighted by molar-refractivity contribution is 0.102. The second kappa shape index (κ2) is 10.3. The fraction of sp³-hybridized carbons (Fsp3) is 0.0741. The van der Waals surface area contributed by atoms with Crippen LogP contribution in [-0.2, 0) is 17.8 Å². The summed E-state index contributed by atoms with van der Waals surface area (Å²) in [6, 6.07) is 32.1. The minimum atomic E-state index is -2.22. The molecule has 5 nitrogen and oxygen atoms in total. The minimum Gasteiger partial charge on any atom is -0.322 e. The first-order chi connectivity index (χ1) is 16.0. The maximum absolute atomic E-state index is 12.7. The predicted molar refractivity (Wildman–Crippen MR) is 134 cm³/mol. The fourth-order valence-electron chi connectivity index (χ4n) is 3.50. The van der Waals surface area contributed by atoms with E-state index in [0.29, 0.717) is 16.9 Å².